The van der Waals surface area contributed by atoms with E-state index in [0.29, 0.717) is 11.4 Å². The number of nitro groups is 1. The van der Waals surface area contributed by atoms with Crippen LogP contribution in [0.4, 0.5) is 5.69 Å². The van der Waals surface area contributed by atoms with Crippen LogP contribution < -0.4 is 10.2 Å². The van der Waals surface area contributed by atoms with Crippen LogP contribution in [0.2, 0.25) is 0 Å². The minimum atomic E-state index is -0.444. The highest BCUT2D eigenvalue weighted by Crippen LogP contribution is 2.27. The highest BCUT2D eigenvalue weighted by atomic mass is 16.6. The summed E-state index contributed by atoms with van der Waals surface area (Å²) in [4.78, 5) is 22.5. The lowest BCUT2D eigenvalue weighted by molar-refractivity contribution is -0.384. The van der Waals surface area contributed by atoms with Crippen LogP contribution in [0.5, 0.6) is 5.75 Å². The Balaban J connectivity index is 1.61. The monoisotopic (exact) mass is 420 g/mol. The summed E-state index contributed by atoms with van der Waals surface area (Å²) in [6.45, 7) is 5.97. The Kier molecular flexibility index (Phi) is 6.81. The lowest BCUT2D eigenvalue weighted by Gasteiger charge is -2.14. The first-order valence-electron chi connectivity index (χ1n) is 9.82. The first kappa shape index (κ1) is 21.8. The van der Waals surface area contributed by atoms with E-state index in [1.807, 2.05) is 37.3 Å². The second-order valence-corrected chi connectivity index (χ2v) is 7.35. The Morgan fingerprint density at radius 1 is 1.23 bits per heavy atom. The van der Waals surface area contributed by atoms with Gasteiger partial charge in [0.05, 0.1) is 16.8 Å². The van der Waals surface area contributed by atoms with Crippen molar-refractivity contribution >= 4 is 17.8 Å². The number of ether oxygens (including phenoxy) is 1. The molecule has 1 aromatic heterocycles. The molecule has 160 valence electrons. The predicted octanol–water partition coefficient (Wildman–Crippen LogP) is 4.35. The number of hydrogen-bond acceptors (Lipinski definition) is 5. The largest absolute Gasteiger partial charge is 0.483 e. The van der Waals surface area contributed by atoms with Gasteiger partial charge in [-0.3, -0.25) is 14.9 Å². The highest BCUT2D eigenvalue weighted by Gasteiger charge is 2.10. The first-order valence-corrected chi connectivity index (χ1v) is 9.82. The molecule has 0 saturated heterocycles. The van der Waals surface area contributed by atoms with Crippen molar-refractivity contribution in [1.82, 2.24) is 9.99 Å². The molecule has 31 heavy (non-hydrogen) atoms. The van der Waals surface area contributed by atoms with Gasteiger partial charge in [-0.05, 0) is 54.3 Å². The molecule has 3 aromatic rings. The van der Waals surface area contributed by atoms with Crippen molar-refractivity contribution in [2.24, 2.45) is 5.10 Å². The number of nitrogens with one attached hydrogen (secondary N) is 1. The van der Waals surface area contributed by atoms with E-state index < -0.39 is 4.92 Å². The predicted molar refractivity (Wildman–Crippen MR) is 119 cm³/mol. The maximum absolute atomic E-state index is 12.1. The van der Waals surface area contributed by atoms with E-state index in [2.05, 4.69) is 24.4 Å². The van der Waals surface area contributed by atoms with Gasteiger partial charge >= 0.3 is 0 Å². The van der Waals surface area contributed by atoms with Gasteiger partial charge in [0.2, 0.25) is 0 Å². The topological polar surface area (TPSA) is 98.8 Å². The number of amides is 1. The van der Waals surface area contributed by atoms with Gasteiger partial charge in [0.25, 0.3) is 11.6 Å². The van der Waals surface area contributed by atoms with Crippen molar-refractivity contribution in [2.75, 3.05) is 6.61 Å². The summed E-state index contributed by atoms with van der Waals surface area (Å²) in [6, 6.07) is 15.8. The number of carbonyl (C=O) groups excluding carboxylic acids is 1. The van der Waals surface area contributed by atoms with Gasteiger partial charge in [-0.15, -0.1) is 0 Å². The Bertz CT molecular complexity index is 1100. The molecule has 0 aliphatic rings. The lowest BCUT2D eigenvalue weighted by Crippen LogP contribution is -2.25. The quantitative estimate of drug-likeness (QED) is 0.333. The van der Waals surface area contributed by atoms with Crippen LogP contribution in [0.1, 0.15) is 36.6 Å². The fourth-order valence-corrected chi connectivity index (χ4v) is 3.06. The molecule has 1 N–H and O–H groups in total. The summed E-state index contributed by atoms with van der Waals surface area (Å²) in [5.74, 6) is 0.603. The number of rotatable bonds is 8. The standard InChI is InChI=1S/C23H24N4O4/c1-16(2)21-11-6-17(3)13-22(21)31-15-23(28)25-24-14-20-5-4-12-26(20)18-7-9-19(10-8-18)27(29)30/h4-14,16H,15H2,1-3H3,(H,25,28)/b24-14+. The Labute approximate surface area is 180 Å². The number of hydrazone groups is 1. The molecule has 0 aliphatic carbocycles. The number of aromatic nitrogens is 1. The maximum Gasteiger partial charge on any atom is 0.277 e. The third-order valence-electron chi connectivity index (χ3n) is 4.65. The molecule has 8 nitrogen and oxygen atoms in total. The van der Waals surface area contributed by atoms with Crippen molar-refractivity contribution < 1.29 is 14.5 Å². The molecular formula is C23H24N4O4. The van der Waals surface area contributed by atoms with Gasteiger partial charge in [0, 0.05) is 24.0 Å². The molecule has 1 heterocycles. The molecule has 0 atom stereocenters. The van der Waals surface area contributed by atoms with Crippen molar-refractivity contribution in [3.05, 3.63) is 87.7 Å². The maximum atomic E-state index is 12.1. The zero-order valence-corrected chi connectivity index (χ0v) is 17.6. The lowest BCUT2D eigenvalue weighted by atomic mass is 10.0. The van der Waals surface area contributed by atoms with E-state index in [0.717, 1.165) is 16.8 Å². The van der Waals surface area contributed by atoms with E-state index in [1.54, 1.807) is 22.9 Å². The highest BCUT2D eigenvalue weighted by molar-refractivity contribution is 5.82. The molecule has 0 radical (unpaired) electrons. The van der Waals surface area contributed by atoms with Gasteiger partial charge < -0.3 is 9.30 Å². The average Bonchev–Trinajstić information content (AvgIpc) is 3.20. The van der Waals surface area contributed by atoms with Crippen molar-refractivity contribution in [3.63, 3.8) is 0 Å². The second-order valence-electron chi connectivity index (χ2n) is 7.35. The van der Waals surface area contributed by atoms with Crippen LogP contribution >= 0.6 is 0 Å². The number of non-ortho nitro benzene ring substituents is 1. The molecule has 0 saturated carbocycles. The summed E-state index contributed by atoms with van der Waals surface area (Å²) in [5, 5.41) is 14.8. The van der Waals surface area contributed by atoms with Gasteiger partial charge in [-0.2, -0.15) is 5.10 Å². The Morgan fingerprint density at radius 2 is 1.97 bits per heavy atom. The van der Waals surface area contributed by atoms with Gasteiger partial charge in [0.1, 0.15) is 5.75 Å². The molecule has 0 spiro atoms. The molecule has 3 rings (SSSR count). The summed E-state index contributed by atoms with van der Waals surface area (Å²) in [6.07, 6.45) is 3.31. The molecule has 0 bridgehead atoms. The zero-order chi connectivity index (χ0) is 22.4. The number of hydrogen-bond donors (Lipinski definition) is 1. The third-order valence-corrected chi connectivity index (χ3v) is 4.65. The van der Waals surface area contributed by atoms with Crippen LogP contribution in [0, 0.1) is 17.0 Å². The van der Waals surface area contributed by atoms with E-state index in [9.17, 15) is 14.9 Å². The summed E-state index contributed by atoms with van der Waals surface area (Å²) >= 11 is 0. The van der Waals surface area contributed by atoms with E-state index in [4.69, 9.17) is 4.74 Å². The molecule has 2 aromatic carbocycles. The van der Waals surface area contributed by atoms with Crippen LogP contribution in [0.25, 0.3) is 5.69 Å². The third kappa shape index (κ3) is 5.57. The number of carbonyl (C=O) groups is 1. The molecule has 0 aliphatic heterocycles. The summed E-state index contributed by atoms with van der Waals surface area (Å²) in [5.41, 5.74) is 6.03. The fraction of sp³-hybridized carbons (Fsp3) is 0.217. The van der Waals surface area contributed by atoms with Gasteiger partial charge in [-0.1, -0.05) is 26.0 Å². The normalized spacial score (nSPS) is 11.1. The van der Waals surface area contributed by atoms with Gasteiger partial charge in [-0.25, -0.2) is 5.43 Å². The van der Waals surface area contributed by atoms with E-state index >= 15 is 0 Å². The van der Waals surface area contributed by atoms with Crippen LogP contribution in [-0.2, 0) is 4.79 Å². The summed E-state index contributed by atoms with van der Waals surface area (Å²) in [7, 11) is 0. The number of aryl methyl sites for hydroxylation is 1. The second kappa shape index (κ2) is 9.71. The molecule has 0 unspecified atom stereocenters. The van der Waals surface area contributed by atoms with Crippen LogP contribution in [-0.4, -0.2) is 28.2 Å². The first-order chi connectivity index (χ1) is 14.8. The minimum absolute atomic E-state index is 0.0209. The Morgan fingerprint density at radius 3 is 2.65 bits per heavy atom. The van der Waals surface area contributed by atoms with Gasteiger partial charge in [0.15, 0.2) is 6.61 Å². The Hall–Kier alpha value is -3.94. The fourth-order valence-electron chi connectivity index (χ4n) is 3.06. The minimum Gasteiger partial charge on any atom is -0.483 e. The molecular weight excluding hydrogens is 396 g/mol. The van der Waals surface area contributed by atoms with E-state index in [1.165, 1.54) is 18.3 Å². The number of nitro benzene ring substituents is 1. The number of nitrogens with zero attached hydrogens (tertiary/aromatic N) is 3. The van der Waals surface area contributed by atoms with Crippen LogP contribution in [0.15, 0.2) is 65.9 Å². The van der Waals surface area contributed by atoms with Crippen molar-refractivity contribution in [2.45, 2.75) is 26.7 Å². The average molecular weight is 420 g/mol. The van der Waals surface area contributed by atoms with Crippen molar-refractivity contribution in [1.29, 1.82) is 0 Å². The van der Waals surface area contributed by atoms with Crippen molar-refractivity contribution in [3.8, 4) is 11.4 Å². The zero-order valence-electron chi connectivity index (χ0n) is 17.6. The molecule has 0 fully saturated rings. The smallest absolute Gasteiger partial charge is 0.277 e. The van der Waals surface area contributed by atoms with E-state index in [-0.39, 0.29) is 24.1 Å². The number of benzene rings is 2. The summed E-state index contributed by atoms with van der Waals surface area (Å²) < 4.78 is 7.51. The molecule has 8 heteroatoms. The SMILES string of the molecule is Cc1ccc(C(C)C)c(OCC(=O)N/N=C/c2cccn2-c2ccc([N+](=O)[O-])cc2)c1. The molecule has 1 amide bonds. The van der Waals surface area contributed by atoms with Crippen LogP contribution in [0.3, 0.4) is 0 Å².